The van der Waals surface area contributed by atoms with Crippen molar-refractivity contribution >= 4 is 0 Å². The zero-order valence-electron chi connectivity index (χ0n) is 7.65. The minimum atomic E-state index is -0.354. The number of ether oxygens (including phenoxy) is 2. The van der Waals surface area contributed by atoms with E-state index < -0.39 is 0 Å². The Morgan fingerprint density at radius 2 is 1.69 bits per heavy atom. The zero-order valence-corrected chi connectivity index (χ0v) is 7.65. The van der Waals surface area contributed by atoms with Crippen LogP contribution in [0.1, 0.15) is 17.4 Å². The monoisotopic (exact) mass is 177 g/mol. The van der Waals surface area contributed by atoms with Crippen molar-refractivity contribution in [3.05, 3.63) is 35.4 Å². The molecule has 0 amide bonds. The van der Waals surface area contributed by atoms with E-state index in [0.717, 1.165) is 5.56 Å². The molecule has 0 unspecified atom stereocenters. The maximum atomic E-state index is 8.57. The van der Waals surface area contributed by atoms with Crippen molar-refractivity contribution in [1.29, 1.82) is 5.26 Å². The lowest BCUT2D eigenvalue weighted by molar-refractivity contribution is -0.106. The molecule has 0 heterocycles. The Bertz CT molecular complexity index is 296. The molecule has 3 nitrogen and oxygen atoms in total. The molecule has 0 fully saturated rings. The van der Waals surface area contributed by atoms with Gasteiger partial charge in [0.1, 0.15) is 0 Å². The summed E-state index contributed by atoms with van der Waals surface area (Å²) in [6.45, 7) is 0. The normalized spacial score (nSPS) is 10.0. The standard InChI is InChI=1S/C10H11NO2/c1-12-10(13-2)9-5-3-8(7-11)4-6-9/h3-6,10H,1-2H3. The lowest BCUT2D eigenvalue weighted by Gasteiger charge is -2.12. The van der Waals surface area contributed by atoms with E-state index in [9.17, 15) is 0 Å². The highest BCUT2D eigenvalue weighted by Gasteiger charge is 2.07. The van der Waals surface area contributed by atoms with E-state index >= 15 is 0 Å². The first-order chi connectivity index (χ1) is 6.31. The van der Waals surface area contributed by atoms with E-state index in [0.29, 0.717) is 5.56 Å². The number of hydrogen-bond donors (Lipinski definition) is 0. The molecule has 3 heteroatoms. The van der Waals surface area contributed by atoms with Gasteiger partial charge in [0.15, 0.2) is 6.29 Å². The maximum absolute atomic E-state index is 8.57. The van der Waals surface area contributed by atoms with Crippen LogP contribution in [0.5, 0.6) is 0 Å². The van der Waals surface area contributed by atoms with E-state index in [4.69, 9.17) is 14.7 Å². The molecule has 0 radical (unpaired) electrons. The third kappa shape index (κ3) is 2.28. The van der Waals surface area contributed by atoms with Crippen molar-refractivity contribution in [1.82, 2.24) is 0 Å². The molecule has 13 heavy (non-hydrogen) atoms. The first-order valence-electron chi connectivity index (χ1n) is 3.87. The second kappa shape index (κ2) is 4.61. The summed E-state index contributed by atoms with van der Waals surface area (Å²) in [5, 5.41) is 8.57. The van der Waals surface area contributed by atoms with Gasteiger partial charge in [-0.3, -0.25) is 0 Å². The average Bonchev–Trinajstić information content (AvgIpc) is 2.21. The van der Waals surface area contributed by atoms with Crippen LogP contribution < -0.4 is 0 Å². The molecule has 0 aliphatic heterocycles. The third-order valence-corrected chi connectivity index (χ3v) is 1.74. The SMILES string of the molecule is COC(OC)c1ccc(C#N)cc1. The number of methoxy groups -OCH3 is 2. The molecule has 68 valence electrons. The van der Waals surface area contributed by atoms with Gasteiger partial charge >= 0.3 is 0 Å². The van der Waals surface area contributed by atoms with E-state index in [1.165, 1.54) is 0 Å². The van der Waals surface area contributed by atoms with Gasteiger partial charge in [0.05, 0.1) is 11.6 Å². The van der Waals surface area contributed by atoms with Gasteiger partial charge < -0.3 is 9.47 Å². The largest absolute Gasteiger partial charge is 0.352 e. The summed E-state index contributed by atoms with van der Waals surface area (Å²) in [4.78, 5) is 0. The van der Waals surface area contributed by atoms with Gasteiger partial charge in [0, 0.05) is 19.8 Å². The predicted octanol–water partition coefficient (Wildman–Crippen LogP) is 1.85. The topological polar surface area (TPSA) is 42.2 Å². The smallest absolute Gasteiger partial charge is 0.183 e. The second-order valence-electron chi connectivity index (χ2n) is 2.54. The maximum Gasteiger partial charge on any atom is 0.183 e. The van der Waals surface area contributed by atoms with Crippen molar-refractivity contribution in [2.45, 2.75) is 6.29 Å². The Hall–Kier alpha value is -1.37. The van der Waals surface area contributed by atoms with Crippen molar-refractivity contribution in [3.63, 3.8) is 0 Å². The van der Waals surface area contributed by atoms with Crippen LogP contribution in [0.3, 0.4) is 0 Å². The number of benzene rings is 1. The molecular weight excluding hydrogens is 166 g/mol. The molecule has 0 aromatic heterocycles. The van der Waals surface area contributed by atoms with Gasteiger partial charge in [-0.15, -0.1) is 0 Å². The van der Waals surface area contributed by atoms with Crippen LogP contribution in [-0.4, -0.2) is 14.2 Å². The Morgan fingerprint density at radius 1 is 1.15 bits per heavy atom. The summed E-state index contributed by atoms with van der Waals surface area (Å²) in [7, 11) is 3.15. The van der Waals surface area contributed by atoms with Crippen LogP contribution >= 0.6 is 0 Å². The minimum Gasteiger partial charge on any atom is -0.352 e. The first-order valence-corrected chi connectivity index (χ1v) is 3.87. The van der Waals surface area contributed by atoms with Gasteiger partial charge in [-0.1, -0.05) is 12.1 Å². The molecular formula is C10H11NO2. The molecule has 1 aromatic carbocycles. The van der Waals surface area contributed by atoms with Gasteiger partial charge in [-0.05, 0) is 12.1 Å². The Morgan fingerprint density at radius 3 is 2.08 bits per heavy atom. The molecule has 0 N–H and O–H groups in total. The second-order valence-corrected chi connectivity index (χ2v) is 2.54. The van der Waals surface area contributed by atoms with Gasteiger partial charge in [-0.25, -0.2) is 0 Å². The summed E-state index contributed by atoms with van der Waals surface area (Å²) in [5.41, 5.74) is 1.54. The van der Waals surface area contributed by atoms with E-state index in [1.807, 2.05) is 18.2 Å². The number of nitrogens with zero attached hydrogens (tertiary/aromatic N) is 1. The lowest BCUT2D eigenvalue weighted by atomic mass is 10.1. The highest BCUT2D eigenvalue weighted by molar-refractivity contribution is 5.31. The van der Waals surface area contributed by atoms with E-state index in [2.05, 4.69) is 0 Å². The van der Waals surface area contributed by atoms with Crippen LogP contribution in [0.2, 0.25) is 0 Å². The first kappa shape index (κ1) is 9.72. The van der Waals surface area contributed by atoms with Crippen molar-refractivity contribution in [2.24, 2.45) is 0 Å². The summed E-state index contributed by atoms with van der Waals surface area (Å²) < 4.78 is 10.1. The van der Waals surface area contributed by atoms with Gasteiger partial charge in [-0.2, -0.15) is 5.26 Å². The van der Waals surface area contributed by atoms with Gasteiger partial charge in [0.2, 0.25) is 0 Å². The van der Waals surface area contributed by atoms with Crippen LogP contribution in [0, 0.1) is 11.3 Å². The molecule has 1 rings (SSSR count). The van der Waals surface area contributed by atoms with Crippen LogP contribution in [-0.2, 0) is 9.47 Å². The quantitative estimate of drug-likeness (QED) is 0.661. The molecule has 0 atom stereocenters. The molecule has 0 aliphatic rings. The molecule has 0 saturated heterocycles. The number of nitriles is 1. The minimum absolute atomic E-state index is 0.354. The van der Waals surface area contributed by atoms with Crippen LogP contribution in [0.15, 0.2) is 24.3 Å². The number of hydrogen-bond acceptors (Lipinski definition) is 3. The highest BCUT2D eigenvalue weighted by Crippen LogP contribution is 2.17. The summed E-state index contributed by atoms with van der Waals surface area (Å²) in [6.07, 6.45) is -0.354. The predicted molar refractivity (Wildman–Crippen MR) is 47.9 cm³/mol. The van der Waals surface area contributed by atoms with Crippen LogP contribution in [0.4, 0.5) is 0 Å². The summed E-state index contributed by atoms with van der Waals surface area (Å²) in [5.74, 6) is 0. The molecule has 0 saturated carbocycles. The number of rotatable bonds is 3. The summed E-state index contributed by atoms with van der Waals surface area (Å²) >= 11 is 0. The molecule has 0 bridgehead atoms. The van der Waals surface area contributed by atoms with Crippen molar-refractivity contribution in [2.75, 3.05) is 14.2 Å². The van der Waals surface area contributed by atoms with Gasteiger partial charge in [0.25, 0.3) is 0 Å². The molecule has 0 spiro atoms. The molecule has 0 aliphatic carbocycles. The Labute approximate surface area is 77.5 Å². The van der Waals surface area contributed by atoms with E-state index in [1.54, 1.807) is 26.4 Å². The fourth-order valence-electron chi connectivity index (χ4n) is 1.08. The van der Waals surface area contributed by atoms with Crippen LogP contribution in [0.25, 0.3) is 0 Å². The third-order valence-electron chi connectivity index (χ3n) is 1.74. The van der Waals surface area contributed by atoms with Crippen molar-refractivity contribution < 1.29 is 9.47 Å². The van der Waals surface area contributed by atoms with E-state index in [-0.39, 0.29) is 6.29 Å². The van der Waals surface area contributed by atoms with Crippen molar-refractivity contribution in [3.8, 4) is 6.07 Å². The average molecular weight is 177 g/mol. The Balaban J connectivity index is 2.85. The summed E-state index contributed by atoms with van der Waals surface area (Å²) in [6, 6.07) is 9.15. The zero-order chi connectivity index (χ0) is 9.68. The Kier molecular flexibility index (Phi) is 3.44. The highest BCUT2D eigenvalue weighted by atomic mass is 16.7. The lowest BCUT2D eigenvalue weighted by Crippen LogP contribution is -2.03. The molecule has 1 aromatic rings. The fourth-order valence-corrected chi connectivity index (χ4v) is 1.08. The fraction of sp³-hybridized carbons (Fsp3) is 0.300.